The zero-order valence-electron chi connectivity index (χ0n) is 9.71. The minimum atomic E-state index is 0.242. The summed E-state index contributed by atoms with van der Waals surface area (Å²) in [7, 11) is 1.72. The summed E-state index contributed by atoms with van der Waals surface area (Å²) in [5.41, 5.74) is 9.09. The molecule has 3 heteroatoms. The largest absolute Gasteiger partial charge is 0.399 e. The molecule has 0 spiro atoms. The van der Waals surface area contributed by atoms with E-state index in [1.807, 2.05) is 26.0 Å². The highest BCUT2D eigenvalue weighted by Gasteiger charge is 2.02. The van der Waals surface area contributed by atoms with Gasteiger partial charge in [0.25, 0.3) is 0 Å². The van der Waals surface area contributed by atoms with E-state index < -0.39 is 0 Å². The van der Waals surface area contributed by atoms with Crippen molar-refractivity contribution in [3.63, 3.8) is 0 Å². The van der Waals surface area contributed by atoms with Crippen molar-refractivity contribution in [2.24, 2.45) is 0 Å². The van der Waals surface area contributed by atoms with E-state index in [1.54, 1.807) is 7.11 Å². The number of benzene rings is 1. The summed E-state index contributed by atoms with van der Waals surface area (Å²) in [5.74, 6) is 0. The molecule has 15 heavy (non-hydrogen) atoms. The number of methoxy groups -OCH3 is 1. The number of nitrogens with two attached hydrogens (primary N) is 1. The topological polar surface area (TPSA) is 47.3 Å². The van der Waals surface area contributed by atoms with E-state index in [0.29, 0.717) is 0 Å². The van der Waals surface area contributed by atoms with E-state index in [-0.39, 0.29) is 6.10 Å². The molecule has 0 bridgehead atoms. The van der Waals surface area contributed by atoms with E-state index in [1.165, 1.54) is 5.56 Å². The van der Waals surface area contributed by atoms with Crippen LogP contribution in [-0.4, -0.2) is 19.8 Å². The maximum Gasteiger partial charge on any atom is 0.0667 e. The van der Waals surface area contributed by atoms with Crippen LogP contribution in [0.1, 0.15) is 18.1 Å². The van der Waals surface area contributed by atoms with Crippen molar-refractivity contribution in [2.75, 3.05) is 19.4 Å². The Morgan fingerprint density at radius 1 is 1.47 bits per heavy atom. The fraction of sp³-hybridized carbons (Fsp3) is 0.500. The van der Waals surface area contributed by atoms with E-state index >= 15 is 0 Å². The van der Waals surface area contributed by atoms with Gasteiger partial charge in [-0.05, 0) is 31.0 Å². The number of nitrogen functional groups attached to an aromatic ring is 1. The molecule has 3 nitrogen and oxygen atoms in total. The Kier molecular flexibility index (Phi) is 4.59. The molecule has 1 atom stereocenters. The molecule has 0 aliphatic heterocycles. The summed E-state index contributed by atoms with van der Waals surface area (Å²) in [6.07, 6.45) is 0.242. The summed E-state index contributed by atoms with van der Waals surface area (Å²) in [6, 6.07) is 6.01. The first-order valence-corrected chi connectivity index (χ1v) is 5.22. The van der Waals surface area contributed by atoms with Gasteiger partial charge in [-0.3, -0.25) is 0 Å². The van der Waals surface area contributed by atoms with Crippen molar-refractivity contribution in [1.82, 2.24) is 5.32 Å². The molecule has 0 aliphatic rings. The zero-order valence-corrected chi connectivity index (χ0v) is 9.71. The van der Waals surface area contributed by atoms with Gasteiger partial charge in [0.1, 0.15) is 0 Å². The van der Waals surface area contributed by atoms with Crippen LogP contribution in [0.2, 0.25) is 0 Å². The first-order valence-electron chi connectivity index (χ1n) is 5.22. The van der Waals surface area contributed by atoms with E-state index in [2.05, 4.69) is 11.4 Å². The second-order valence-electron chi connectivity index (χ2n) is 3.81. The molecule has 0 saturated carbocycles. The lowest BCUT2D eigenvalue weighted by molar-refractivity contribution is 0.117. The minimum absolute atomic E-state index is 0.242. The molecular formula is C12H20N2O. The standard InChI is InChI=1S/C12H20N2O/c1-9(15-3)7-14-8-11-5-4-6-12(13)10(11)2/h4-6,9,14H,7-8,13H2,1-3H3. The van der Waals surface area contributed by atoms with Gasteiger partial charge >= 0.3 is 0 Å². The van der Waals surface area contributed by atoms with Gasteiger partial charge in [0, 0.05) is 25.9 Å². The maximum absolute atomic E-state index is 5.83. The highest BCUT2D eigenvalue weighted by Crippen LogP contribution is 2.14. The van der Waals surface area contributed by atoms with E-state index in [4.69, 9.17) is 10.5 Å². The SMILES string of the molecule is COC(C)CNCc1cccc(N)c1C. The quantitative estimate of drug-likeness (QED) is 0.724. The molecule has 1 aromatic rings. The summed E-state index contributed by atoms with van der Waals surface area (Å²) >= 11 is 0. The van der Waals surface area contributed by atoms with Gasteiger partial charge in [-0.2, -0.15) is 0 Å². The van der Waals surface area contributed by atoms with Crippen LogP contribution < -0.4 is 11.1 Å². The van der Waals surface area contributed by atoms with Gasteiger partial charge in [-0.25, -0.2) is 0 Å². The van der Waals surface area contributed by atoms with Gasteiger partial charge in [-0.1, -0.05) is 12.1 Å². The van der Waals surface area contributed by atoms with Gasteiger partial charge in [0.2, 0.25) is 0 Å². The smallest absolute Gasteiger partial charge is 0.0667 e. The number of ether oxygens (including phenoxy) is 1. The van der Waals surface area contributed by atoms with Crippen LogP contribution in [0, 0.1) is 6.92 Å². The number of hydrogen-bond donors (Lipinski definition) is 2. The minimum Gasteiger partial charge on any atom is -0.399 e. The summed E-state index contributed by atoms with van der Waals surface area (Å²) in [6.45, 7) is 5.78. The molecule has 0 amide bonds. The van der Waals surface area contributed by atoms with Crippen LogP contribution in [0.4, 0.5) is 5.69 Å². The number of rotatable bonds is 5. The summed E-state index contributed by atoms with van der Waals surface area (Å²) in [5, 5.41) is 3.34. The third-order valence-corrected chi connectivity index (χ3v) is 2.64. The number of anilines is 1. The summed E-state index contributed by atoms with van der Waals surface area (Å²) in [4.78, 5) is 0. The van der Waals surface area contributed by atoms with E-state index in [0.717, 1.165) is 24.3 Å². The zero-order chi connectivity index (χ0) is 11.3. The Morgan fingerprint density at radius 2 is 2.20 bits per heavy atom. The van der Waals surface area contributed by atoms with Gasteiger partial charge < -0.3 is 15.8 Å². The predicted molar refractivity (Wildman–Crippen MR) is 63.8 cm³/mol. The third kappa shape index (κ3) is 3.53. The lowest BCUT2D eigenvalue weighted by Gasteiger charge is -2.12. The second kappa shape index (κ2) is 5.73. The molecule has 3 N–H and O–H groups in total. The van der Waals surface area contributed by atoms with Crippen LogP contribution >= 0.6 is 0 Å². The fourth-order valence-corrected chi connectivity index (χ4v) is 1.39. The van der Waals surface area contributed by atoms with Gasteiger partial charge in [0.05, 0.1) is 6.10 Å². The highest BCUT2D eigenvalue weighted by atomic mass is 16.5. The molecule has 1 rings (SSSR count). The van der Waals surface area contributed by atoms with Crippen molar-refractivity contribution < 1.29 is 4.74 Å². The molecule has 0 aliphatic carbocycles. The van der Waals surface area contributed by atoms with E-state index in [9.17, 15) is 0 Å². The second-order valence-corrected chi connectivity index (χ2v) is 3.81. The molecule has 0 fully saturated rings. The van der Waals surface area contributed by atoms with Crippen LogP contribution in [0.5, 0.6) is 0 Å². The van der Waals surface area contributed by atoms with Crippen LogP contribution in [0.25, 0.3) is 0 Å². The first-order chi connectivity index (χ1) is 7.15. The Bertz CT molecular complexity index is 312. The monoisotopic (exact) mass is 208 g/mol. The average Bonchev–Trinajstić information content (AvgIpc) is 2.24. The summed E-state index contributed by atoms with van der Waals surface area (Å²) < 4.78 is 5.15. The molecule has 0 heterocycles. The number of hydrogen-bond acceptors (Lipinski definition) is 3. The molecule has 0 aromatic heterocycles. The molecule has 0 radical (unpaired) electrons. The van der Waals surface area contributed by atoms with Crippen molar-refractivity contribution in [1.29, 1.82) is 0 Å². The van der Waals surface area contributed by atoms with Gasteiger partial charge in [-0.15, -0.1) is 0 Å². The van der Waals surface area contributed by atoms with Crippen molar-refractivity contribution >= 4 is 5.69 Å². The van der Waals surface area contributed by atoms with Crippen molar-refractivity contribution in [2.45, 2.75) is 26.5 Å². The van der Waals surface area contributed by atoms with Gasteiger partial charge in [0.15, 0.2) is 0 Å². The Labute approximate surface area is 91.6 Å². The predicted octanol–water partition coefficient (Wildman–Crippen LogP) is 1.70. The van der Waals surface area contributed by atoms with Crippen molar-refractivity contribution in [3.8, 4) is 0 Å². The average molecular weight is 208 g/mol. The Balaban J connectivity index is 2.47. The number of nitrogens with one attached hydrogen (secondary N) is 1. The maximum atomic E-state index is 5.83. The molecule has 1 unspecified atom stereocenters. The van der Waals surface area contributed by atoms with Crippen molar-refractivity contribution in [3.05, 3.63) is 29.3 Å². The highest BCUT2D eigenvalue weighted by molar-refractivity contribution is 5.49. The lowest BCUT2D eigenvalue weighted by Crippen LogP contribution is -2.25. The Morgan fingerprint density at radius 3 is 2.87 bits per heavy atom. The van der Waals surface area contributed by atoms with Crippen LogP contribution in [0.3, 0.4) is 0 Å². The molecule has 0 saturated heterocycles. The van der Waals surface area contributed by atoms with Crippen LogP contribution in [0.15, 0.2) is 18.2 Å². The lowest BCUT2D eigenvalue weighted by atomic mass is 10.1. The van der Waals surface area contributed by atoms with Crippen LogP contribution in [-0.2, 0) is 11.3 Å². The Hall–Kier alpha value is -1.06. The molecular weight excluding hydrogens is 188 g/mol. The third-order valence-electron chi connectivity index (χ3n) is 2.64. The normalized spacial score (nSPS) is 12.7. The first kappa shape index (κ1) is 12.0. The molecule has 84 valence electrons. The fourth-order valence-electron chi connectivity index (χ4n) is 1.39. The molecule has 1 aromatic carbocycles.